The molecule has 1 rings (SSSR count). The standard InChI is InChI=1S/C9H9ClF3NO/c1-8(2,15)6-3-5(9(11,12)13)4-14-7(6)10/h3-4,15H,1-2H3. The summed E-state index contributed by atoms with van der Waals surface area (Å²) in [7, 11) is 0. The second kappa shape index (κ2) is 3.64. The van der Waals surface area contributed by atoms with Gasteiger partial charge in [0.1, 0.15) is 5.15 Å². The molecule has 2 nitrogen and oxygen atoms in total. The number of rotatable bonds is 1. The Labute approximate surface area is 89.7 Å². The maximum absolute atomic E-state index is 12.3. The molecular formula is C9H9ClF3NO. The number of aromatic nitrogens is 1. The van der Waals surface area contributed by atoms with Gasteiger partial charge in [-0.15, -0.1) is 0 Å². The lowest BCUT2D eigenvalue weighted by Gasteiger charge is -2.19. The Morgan fingerprint density at radius 3 is 2.27 bits per heavy atom. The fourth-order valence-corrected chi connectivity index (χ4v) is 1.37. The predicted octanol–water partition coefficient (Wildman–Crippen LogP) is 2.98. The Morgan fingerprint density at radius 1 is 1.33 bits per heavy atom. The van der Waals surface area contributed by atoms with E-state index < -0.39 is 17.3 Å². The highest BCUT2D eigenvalue weighted by atomic mass is 35.5. The smallest absolute Gasteiger partial charge is 0.386 e. The molecule has 0 aliphatic heterocycles. The summed E-state index contributed by atoms with van der Waals surface area (Å²) in [6.45, 7) is 2.69. The van der Waals surface area contributed by atoms with Crippen molar-refractivity contribution in [2.24, 2.45) is 0 Å². The van der Waals surface area contributed by atoms with Gasteiger partial charge in [0.15, 0.2) is 0 Å². The first kappa shape index (κ1) is 12.3. The first-order valence-corrected chi connectivity index (χ1v) is 4.46. The Bertz CT molecular complexity index is 371. The monoisotopic (exact) mass is 239 g/mol. The van der Waals surface area contributed by atoms with Gasteiger partial charge in [0.05, 0.1) is 11.2 Å². The topological polar surface area (TPSA) is 33.1 Å². The third-order valence-corrected chi connectivity index (χ3v) is 2.13. The number of hydrogen-bond donors (Lipinski definition) is 1. The van der Waals surface area contributed by atoms with Crippen LogP contribution >= 0.6 is 11.6 Å². The van der Waals surface area contributed by atoms with Crippen LogP contribution in [0.3, 0.4) is 0 Å². The SMILES string of the molecule is CC(C)(O)c1cc(C(F)(F)F)cnc1Cl. The van der Waals surface area contributed by atoms with E-state index in [9.17, 15) is 18.3 Å². The molecular weight excluding hydrogens is 231 g/mol. The van der Waals surface area contributed by atoms with Gasteiger partial charge < -0.3 is 5.11 Å². The van der Waals surface area contributed by atoms with Crippen LogP contribution < -0.4 is 0 Å². The zero-order valence-electron chi connectivity index (χ0n) is 8.06. The number of pyridine rings is 1. The van der Waals surface area contributed by atoms with Crippen molar-refractivity contribution < 1.29 is 18.3 Å². The molecule has 0 atom stereocenters. The Balaban J connectivity index is 3.30. The third-order valence-electron chi connectivity index (χ3n) is 1.83. The number of alkyl halides is 3. The normalized spacial score (nSPS) is 13.0. The van der Waals surface area contributed by atoms with E-state index in [1.54, 1.807) is 0 Å². The third kappa shape index (κ3) is 2.82. The summed E-state index contributed by atoms with van der Waals surface area (Å²) in [5.41, 5.74) is -2.42. The molecule has 0 amide bonds. The molecule has 0 saturated carbocycles. The molecule has 6 heteroatoms. The fourth-order valence-electron chi connectivity index (χ4n) is 1.03. The highest BCUT2D eigenvalue weighted by molar-refractivity contribution is 6.30. The van der Waals surface area contributed by atoms with E-state index in [-0.39, 0.29) is 10.7 Å². The van der Waals surface area contributed by atoms with E-state index in [1.165, 1.54) is 13.8 Å². The van der Waals surface area contributed by atoms with Gasteiger partial charge in [-0.2, -0.15) is 13.2 Å². The van der Waals surface area contributed by atoms with E-state index in [0.717, 1.165) is 6.07 Å². The van der Waals surface area contributed by atoms with Crippen molar-refractivity contribution in [3.63, 3.8) is 0 Å². The maximum Gasteiger partial charge on any atom is 0.417 e. The quantitative estimate of drug-likeness (QED) is 0.765. The lowest BCUT2D eigenvalue weighted by molar-refractivity contribution is -0.138. The van der Waals surface area contributed by atoms with Gasteiger partial charge in [0.25, 0.3) is 0 Å². The van der Waals surface area contributed by atoms with Gasteiger partial charge in [0.2, 0.25) is 0 Å². The zero-order valence-corrected chi connectivity index (χ0v) is 8.82. The molecule has 1 heterocycles. The van der Waals surface area contributed by atoms with Crippen molar-refractivity contribution in [3.05, 3.63) is 28.5 Å². The minimum atomic E-state index is -4.49. The van der Waals surface area contributed by atoms with E-state index in [2.05, 4.69) is 4.98 Å². The highest BCUT2D eigenvalue weighted by Gasteiger charge is 2.33. The lowest BCUT2D eigenvalue weighted by Crippen LogP contribution is -2.18. The van der Waals surface area contributed by atoms with Crippen LogP contribution in [0.2, 0.25) is 5.15 Å². The molecule has 0 radical (unpaired) electrons. The molecule has 15 heavy (non-hydrogen) atoms. The van der Waals surface area contributed by atoms with Gasteiger partial charge in [0, 0.05) is 11.8 Å². The van der Waals surface area contributed by atoms with Crippen LogP contribution in [0.15, 0.2) is 12.3 Å². The molecule has 0 unspecified atom stereocenters. The first-order valence-electron chi connectivity index (χ1n) is 4.08. The zero-order chi connectivity index (χ0) is 11.9. The molecule has 0 bridgehead atoms. The van der Waals surface area contributed by atoms with Crippen LogP contribution in [0.25, 0.3) is 0 Å². The van der Waals surface area contributed by atoms with E-state index in [4.69, 9.17) is 11.6 Å². The number of hydrogen-bond acceptors (Lipinski definition) is 2. The maximum atomic E-state index is 12.3. The minimum absolute atomic E-state index is 0.0426. The van der Waals surface area contributed by atoms with Crippen molar-refractivity contribution >= 4 is 11.6 Å². The largest absolute Gasteiger partial charge is 0.417 e. The van der Waals surface area contributed by atoms with Crippen LogP contribution in [0.1, 0.15) is 25.0 Å². The summed E-state index contributed by atoms with van der Waals surface area (Å²) < 4.78 is 37.0. The van der Waals surface area contributed by atoms with Crippen molar-refractivity contribution in [1.82, 2.24) is 4.98 Å². The van der Waals surface area contributed by atoms with Gasteiger partial charge in [-0.05, 0) is 19.9 Å². The minimum Gasteiger partial charge on any atom is -0.386 e. The van der Waals surface area contributed by atoms with Crippen LogP contribution in [0, 0.1) is 0 Å². The molecule has 0 aliphatic rings. The van der Waals surface area contributed by atoms with Crippen LogP contribution in [0.4, 0.5) is 13.2 Å². The molecule has 0 aliphatic carbocycles. The van der Waals surface area contributed by atoms with Crippen molar-refractivity contribution in [2.45, 2.75) is 25.6 Å². The Morgan fingerprint density at radius 2 is 1.87 bits per heavy atom. The van der Waals surface area contributed by atoms with Gasteiger partial charge in [-0.25, -0.2) is 4.98 Å². The molecule has 1 aromatic heterocycles. The van der Waals surface area contributed by atoms with Crippen molar-refractivity contribution in [2.75, 3.05) is 0 Å². The van der Waals surface area contributed by atoms with E-state index >= 15 is 0 Å². The summed E-state index contributed by atoms with van der Waals surface area (Å²) in [6, 6.07) is 0.801. The Kier molecular flexibility index (Phi) is 2.98. The highest BCUT2D eigenvalue weighted by Crippen LogP contribution is 2.33. The molecule has 0 fully saturated rings. The van der Waals surface area contributed by atoms with E-state index in [1.807, 2.05) is 0 Å². The van der Waals surface area contributed by atoms with Crippen molar-refractivity contribution in [3.8, 4) is 0 Å². The van der Waals surface area contributed by atoms with Gasteiger partial charge in [-0.3, -0.25) is 0 Å². The average Bonchev–Trinajstić information content (AvgIpc) is 2.00. The number of halogens is 4. The predicted molar refractivity (Wildman–Crippen MR) is 49.5 cm³/mol. The number of nitrogens with zero attached hydrogens (tertiary/aromatic N) is 1. The van der Waals surface area contributed by atoms with Crippen LogP contribution in [0.5, 0.6) is 0 Å². The molecule has 84 valence electrons. The van der Waals surface area contributed by atoms with Crippen LogP contribution in [-0.4, -0.2) is 10.1 Å². The average molecular weight is 240 g/mol. The Hall–Kier alpha value is -0.810. The van der Waals surface area contributed by atoms with E-state index in [0.29, 0.717) is 6.20 Å². The fraction of sp³-hybridized carbons (Fsp3) is 0.444. The summed E-state index contributed by atoms with van der Waals surface area (Å²) in [6.07, 6.45) is -3.85. The summed E-state index contributed by atoms with van der Waals surface area (Å²) in [4.78, 5) is 3.40. The van der Waals surface area contributed by atoms with Crippen LogP contribution in [-0.2, 0) is 11.8 Å². The molecule has 0 saturated heterocycles. The first-order chi connectivity index (χ1) is 6.62. The molecule has 1 aromatic rings. The number of aliphatic hydroxyl groups is 1. The molecule has 1 N–H and O–H groups in total. The second-order valence-electron chi connectivity index (χ2n) is 3.62. The van der Waals surface area contributed by atoms with Gasteiger partial charge >= 0.3 is 6.18 Å². The van der Waals surface area contributed by atoms with Crippen molar-refractivity contribution in [1.29, 1.82) is 0 Å². The molecule has 0 aromatic carbocycles. The van der Waals surface area contributed by atoms with Gasteiger partial charge in [-0.1, -0.05) is 11.6 Å². The summed E-state index contributed by atoms with van der Waals surface area (Å²) in [5.74, 6) is 0. The molecule has 0 spiro atoms. The lowest BCUT2D eigenvalue weighted by atomic mass is 9.99. The summed E-state index contributed by atoms with van der Waals surface area (Å²) in [5, 5.41) is 9.44. The second-order valence-corrected chi connectivity index (χ2v) is 3.98. The summed E-state index contributed by atoms with van der Waals surface area (Å²) >= 11 is 5.59.